The van der Waals surface area contributed by atoms with Crippen molar-refractivity contribution in [3.05, 3.63) is 156 Å². The van der Waals surface area contributed by atoms with Crippen molar-refractivity contribution in [3.8, 4) is 11.1 Å². The van der Waals surface area contributed by atoms with E-state index in [9.17, 15) is 8.42 Å². The molecule has 0 unspecified atom stereocenters. The van der Waals surface area contributed by atoms with Crippen molar-refractivity contribution >= 4 is 44.0 Å². The normalized spacial score (nSPS) is 17.1. The average molecular weight is 631 g/mol. The zero-order chi connectivity index (χ0) is 32.3. The van der Waals surface area contributed by atoms with Crippen LogP contribution < -0.4 is 9.80 Å². The van der Waals surface area contributed by atoms with Crippen LogP contribution in [0.15, 0.2) is 143 Å². The minimum absolute atomic E-state index is 0.180. The van der Waals surface area contributed by atoms with Crippen LogP contribution in [0, 0.1) is 0 Å². The molecule has 47 heavy (non-hydrogen) atoms. The number of sulfone groups is 1. The van der Waals surface area contributed by atoms with Gasteiger partial charge in [0.15, 0.2) is 0 Å². The second-order valence-corrected chi connectivity index (χ2v) is 15.7. The smallest absolute Gasteiger partial charge is 0.207 e. The summed E-state index contributed by atoms with van der Waals surface area (Å²) in [5.74, 6) is 0. The molecule has 3 aliphatic heterocycles. The van der Waals surface area contributed by atoms with E-state index in [2.05, 4.69) is 147 Å². The van der Waals surface area contributed by atoms with E-state index in [1.165, 1.54) is 22.3 Å². The highest BCUT2D eigenvalue weighted by Gasteiger charge is 2.40. The van der Waals surface area contributed by atoms with Crippen LogP contribution in [0.1, 0.15) is 49.9 Å². The van der Waals surface area contributed by atoms with Gasteiger partial charge in [-0.15, -0.1) is 0 Å². The molecule has 6 aromatic rings. The molecule has 0 aromatic heterocycles. The average Bonchev–Trinajstić information content (AvgIpc) is 3.30. The molecule has 4 nitrogen and oxygen atoms in total. The van der Waals surface area contributed by atoms with Gasteiger partial charge in [-0.1, -0.05) is 100 Å². The minimum atomic E-state index is -3.68. The standard InChI is InChI=1S/C42H34N2O2S/c1-41(2)31-13-5-9-17-35(31)43(36-18-10-6-14-32(36)41)27-21-23-39-29(25-27)30-26-28(22-24-40(30)47(39,45)46)44-37-19-11-7-15-33(37)42(3,4)34-16-8-12-20-38(34)44/h5-26H,1-4H3. The first-order chi connectivity index (χ1) is 22.6. The highest BCUT2D eigenvalue weighted by molar-refractivity contribution is 7.92. The van der Waals surface area contributed by atoms with Gasteiger partial charge >= 0.3 is 0 Å². The number of nitrogens with zero attached hydrogens (tertiary/aromatic N) is 2. The summed E-state index contributed by atoms with van der Waals surface area (Å²) in [6, 6.07) is 45.7. The van der Waals surface area contributed by atoms with Gasteiger partial charge < -0.3 is 9.80 Å². The van der Waals surface area contributed by atoms with Gasteiger partial charge in [0, 0.05) is 33.3 Å². The van der Waals surface area contributed by atoms with Crippen molar-refractivity contribution in [1.29, 1.82) is 0 Å². The number of hydrogen-bond donors (Lipinski definition) is 0. The summed E-state index contributed by atoms with van der Waals surface area (Å²) in [5, 5.41) is 0. The lowest BCUT2D eigenvalue weighted by atomic mass is 9.73. The monoisotopic (exact) mass is 630 g/mol. The summed E-state index contributed by atoms with van der Waals surface area (Å²) in [5.41, 5.74) is 12.3. The first kappa shape index (κ1) is 28.1. The van der Waals surface area contributed by atoms with Crippen molar-refractivity contribution in [2.75, 3.05) is 9.80 Å². The molecule has 3 aliphatic rings. The van der Waals surface area contributed by atoms with Gasteiger partial charge in [-0.25, -0.2) is 8.42 Å². The predicted molar refractivity (Wildman–Crippen MR) is 191 cm³/mol. The van der Waals surface area contributed by atoms with Crippen molar-refractivity contribution in [2.45, 2.75) is 48.3 Å². The Hall–Kier alpha value is -5.13. The molecule has 0 amide bonds. The molecule has 0 radical (unpaired) electrons. The Labute approximate surface area is 276 Å². The maximum atomic E-state index is 14.0. The number of rotatable bonds is 2. The van der Waals surface area contributed by atoms with Crippen molar-refractivity contribution < 1.29 is 8.42 Å². The van der Waals surface area contributed by atoms with Crippen LogP contribution in [0.3, 0.4) is 0 Å². The van der Waals surface area contributed by atoms with E-state index in [0.717, 1.165) is 45.3 Å². The zero-order valence-electron chi connectivity index (χ0n) is 26.8. The summed E-state index contributed by atoms with van der Waals surface area (Å²) in [7, 11) is -3.68. The third kappa shape index (κ3) is 3.72. The summed E-state index contributed by atoms with van der Waals surface area (Å²) in [6.45, 7) is 9.08. The summed E-state index contributed by atoms with van der Waals surface area (Å²) in [4.78, 5) is 5.27. The number of para-hydroxylation sites is 4. The van der Waals surface area contributed by atoms with E-state index in [1.807, 2.05) is 12.1 Å². The highest BCUT2D eigenvalue weighted by atomic mass is 32.2. The molecule has 0 fully saturated rings. The summed E-state index contributed by atoms with van der Waals surface area (Å²) < 4.78 is 28.0. The molecular formula is C42H34N2O2S. The van der Waals surface area contributed by atoms with Crippen LogP contribution in [-0.4, -0.2) is 8.42 Å². The summed E-state index contributed by atoms with van der Waals surface area (Å²) in [6.07, 6.45) is 0. The fourth-order valence-corrected chi connectivity index (χ4v) is 9.86. The number of benzene rings is 6. The van der Waals surface area contributed by atoms with E-state index in [1.54, 1.807) is 12.1 Å². The third-order valence-electron chi connectivity index (χ3n) is 10.6. The van der Waals surface area contributed by atoms with Gasteiger partial charge in [-0.2, -0.15) is 0 Å². The predicted octanol–water partition coefficient (Wildman–Crippen LogP) is 10.7. The molecular weight excluding hydrogens is 597 g/mol. The molecule has 0 bridgehead atoms. The highest BCUT2D eigenvalue weighted by Crippen LogP contribution is 2.55. The Morgan fingerprint density at radius 1 is 0.426 bits per heavy atom. The van der Waals surface area contributed by atoms with E-state index in [-0.39, 0.29) is 10.8 Å². The van der Waals surface area contributed by atoms with Crippen molar-refractivity contribution in [1.82, 2.24) is 0 Å². The first-order valence-corrected chi connectivity index (χ1v) is 17.6. The molecule has 0 saturated carbocycles. The molecule has 6 aromatic carbocycles. The minimum Gasteiger partial charge on any atom is -0.310 e. The maximum absolute atomic E-state index is 14.0. The molecule has 3 heterocycles. The fraction of sp³-hybridized carbons (Fsp3) is 0.143. The Balaban J connectivity index is 1.25. The molecule has 0 aliphatic carbocycles. The molecule has 0 atom stereocenters. The van der Waals surface area contributed by atoms with E-state index in [0.29, 0.717) is 9.79 Å². The Morgan fingerprint density at radius 2 is 0.723 bits per heavy atom. The second kappa shape index (κ2) is 9.46. The van der Waals surface area contributed by atoms with E-state index >= 15 is 0 Å². The Bertz CT molecular complexity index is 2150. The van der Waals surface area contributed by atoms with Gasteiger partial charge in [0.25, 0.3) is 0 Å². The Morgan fingerprint density at radius 3 is 1.04 bits per heavy atom. The number of anilines is 6. The molecule has 9 rings (SSSR count). The largest absolute Gasteiger partial charge is 0.310 e. The van der Waals surface area contributed by atoms with Crippen LogP contribution in [0.2, 0.25) is 0 Å². The molecule has 230 valence electrons. The molecule has 0 N–H and O–H groups in total. The van der Waals surface area contributed by atoms with E-state index in [4.69, 9.17) is 0 Å². The number of hydrogen-bond acceptors (Lipinski definition) is 4. The van der Waals surface area contributed by atoms with Gasteiger partial charge in [0.2, 0.25) is 9.84 Å². The van der Waals surface area contributed by atoms with Gasteiger partial charge in [0.05, 0.1) is 32.5 Å². The quantitative estimate of drug-likeness (QED) is 0.191. The fourth-order valence-electron chi connectivity index (χ4n) is 8.22. The van der Waals surface area contributed by atoms with Gasteiger partial charge in [-0.3, -0.25) is 0 Å². The third-order valence-corrected chi connectivity index (χ3v) is 12.5. The first-order valence-electron chi connectivity index (χ1n) is 16.1. The maximum Gasteiger partial charge on any atom is 0.207 e. The van der Waals surface area contributed by atoms with Crippen LogP contribution in [-0.2, 0) is 20.7 Å². The van der Waals surface area contributed by atoms with Gasteiger partial charge in [-0.05, 0) is 82.9 Å². The molecule has 0 spiro atoms. The second-order valence-electron chi connectivity index (χ2n) is 13.9. The van der Waals surface area contributed by atoms with Gasteiger partial charge in [0.1, 0.15) is 0 Å². The molecule has 0 saturated heterocycles. The summed E-state index contributed by atoms with van der Waals surface area (Å²) >= 11 is 0. The van der Waals surface area contributed by atoms with Crippen LogP contribution in [0.25, 0.3) is 11.1 Å². The lowest BCUT2D eigenvalue weighted by Gasteiger charge is -2.42. The SMILES string of the molecule is CC1(C)c2ccccc2N(c2ccc3c(c2)-c2cc(N4c5ccccc5C(C)(C)c5ccccc54)ccc2S3(=O)=O)c2ccccc21. The lowest BCUT2D eigenvalue weighted by molar-refractivity contribution is 0.598. The van der Waals surface area contributed by atoms with Crippen molar-refractivity contribution in [2.24, 2.45) is 0 Å². The van der Waals surface area contributed by atoms with Crippen LogP contribution in [0.5, 0.6) is 0 Å². The Kier molecular flexibility index (Phi) is 5.66. The molecule has 5 heteroatoms. The van der Waals surface area contributed by atoms with Crippen LogP contribution >= 0.6 is 0 Å². The van der Waals surface area contributed by atoms with Crippen LogP contribution in [0.4, 0.5) is 34.1 Å². The lowest BCUT2D eigenvalue weighted by Crippen LogP contribution is -2.30. The van der Waals surface area contributed by atoms with E-state index < -0.39 is 9.84 Å². The zero-order valence-corrected chi connectivity index (χ0v) is 27.6. The van der Waals surface area contributed by atoms with Crippen molar-refractivity contribution in [3.63, 3.8) is 0 Å². The topological polar surface area (TPSA) is 40.6 Å². The number of fused-ring (bicyclic) bond motifs is 7.